The van der Waals surface area contributed by atoms with Crippen LogP contribution in [-0.4, -0.2) is 34.9 Å². The fourth-order valence-corrected chi connectivity index (χ4v) is 3.16. The fraction of sp³-hybridized carbons (Fsp3) is 0.263. The lowest BCUT2D eigenvalue weighted by Gasteiger charge is -2.31. The van der Waals surface area contributed by atoms with Gasteiger partial charge in [0.15, 0.2) is 11.6 Å². The minimum absolute atomic E-state index is 0.0900. The Bertz CT molecular complexity index is 870. The lowest BCUT2D eigenvalue weighted by molar-refractivity contribution is -0.123. The number of phenolic OH excluding ortho intramolecular Hbond substituents is 1. The average Bonchev–Trinajstić information content (AvgIpc) is 2.64. The van der Waals surface area contributed by atoms with Crippen molar-refractivity contribution in [1.29, 1.82) is 0 Å². The quantitative estimate of drug-likeness (QED) is 0.883. The van der Waals surface area contributed by atoms with E-state index < -0.39 is 23.3 Å². The minimum atomic E-state index is -1.15. The number of rotatable bonds is 3. The molecule has 1 fully saturated rings. The predicted molar refractivity (Wildman–Crippen MR) is 91.3 cm³/mol. The second-order valence-corrected chi connectivity index (χ2v) is 6.36. The van der Waals surface area contributed by atoms with Crippen LogP contribution in [0.15, 0.2) is 36.4 Å². The largest absolute Gasteiger partial charge is 0.507 e. The molecule has 0 aromatic heterocycles. The van der Waals surface area contributed by atoms with E-state index >= 15 is 0 Å². The molecule has 0 bridgehead atoms. The molecule has 5 nitrogen and oxygen atoms in total. The van der Waals surface area contributed by atoms with Gasteiger partial charge in [-0.1, -0.05) is 12.1 Å². The highest BCUT2D eigenvalue weighted by Gasteiger charge is 2.27. The summed E-state index contributed by atoms with van der Waals surface area (Å²) in [5, 5.41) is 9.89. The summed E-state index contributed by atoms with van der Waals surface area (Å²) in [4.78, 5) is 25.7. The summed E-state index contributed by atoms with van der Waals surface area (Å²) in [6, 6.07) is 7.86. The number of likely N-dealkylation sites (tertiary alicyclic amines) is 1. The SMILES string of the molecule is NC(=O)[C@H]1CCCN(C(=O)c2cccc(-c3cc(F)c(F)cc3O)c2)C1. The van der Waals surface area contributed by atoms with Crippen molar-refractivity contribution in [2.75, 3.05) is 13.1 Å². The van der Waals surface area contributed by atoms with Crippen molar-refractivity contribution < 1.29 is 23.5 Å². The van der Waals surface area contributed by atoms with Crippen LogP contribution in [0.3, 0.4) is 0 Å². The van der Waals surface area contributed by atoms with Crippen LogP contribution < -0.4 is 5.73 Å². The van der Waals surface area contributed by atoms with E-state index in [2.05, 4.69) is 0 Å². The molecule has 2 amide bonds. The molecule has 3 N–H and O–H groups in total. The van der Waals surface area contributed by atoms with Gasteiger partial charge in [-0.2, -0.15) is 0 Å². The summed E-state index contributed by atoms with van der Waals surface area (Å²) in [5.41, 5.74) is 6.15. The molecule has 3 rings (SSSR count). The van der Waals surface area contributed by atoms with Crippen molar-refractivity contribution in [2.45, 2.75) is 12.8 Å². The number of piperidine rings is 1. The van der Waals surface area contributed by atoms with Gasteiger partial charge in [0.1, 0.15) is 5.75 Å². The standard InChI is InChI=1S/C19H18F2N2O3/c20-15-8-14(17(24)9-16(15)21)11-3-1-4-12(7-11)19(26)23-6-2-5-13(10-23)18(22)25/h1,3-4,7-9,13,24H,2,5-6,10H2,(H2,22,25)/t13-/m0/s1. The highest BCUT2D eigenvalue weighted by molar-refractivity contribution is 5.96. The Hall–Kier alpha value is -2.96. The minimum Gasteiger partial charge on any atom is -0.507 e. The van der Waals surface area contributed by atoms with Gasteiger partial charge in [0, 0.05) is 30.3 Å². The Morgan fingerprint density at radius 1 is 1.15 bits per heavy atom. The third-order valence-electron chi connectivity index (χ3n) is 4.57. The van der Waals surface area contributed by atoms with Crippen LogP contribution in [-0.2, 0) is 4.79 Å². The maximum absolute atomic E-state index is 13.5. The molecule has 26 heavy (non-hydrogen) atoms. The van der Waals surface area contributed by atoms with Gasteiger partial charge in [-0.3, -0.25) is 9.59 Å². The molecule has 7 heteroatoms. The third-order valence-corrected chi connectivity index (χ3v) is 4.57. The molecular weight excluding hydrogens is 342 g/mol. The molecule has 0 saturated carbocycles. The van der Waals surface area contributed by atoms with Crippen LogP contribution >= 0.6 is 0 Å². The van der Waals surface area contributed by atoms with E-state index in [0.717, 1.165) is 6.07 Å². The van der Waals surface area contributed by atoms with Gasteiger partial charge in [-0.25, -0.2) is 8.78 Å². The lowest BCUT2D eigenvalue weighted by Crippen LogP contribution is -2.44. The maximum Gasteiger partial charge on any atom is 0.253 e. The first-order valence-electron chi connectivity index (χ1n) is 8.24. The number of amides is 2. The van der Waals surface area contributed by atoms with Gasteiger partial charge in [-0.05, 0) is 36.6 Å². The molecule has 0 unspecified atom stereocenters. The second-order valence-electron chi connectivity index (χ2n) is 6.36. The van der Waals surface area contributed by atoms with E-state index in [4.69, 9.17) is 5.73 Å². The van der Waals surface area contributed by atoms with Crippen molar-refractivity contribution in [3.63, 3.8) is 0 Å². The first-order valence-corrected chi connectivity index (χ1v) is 8.24. The number of halogens is 2. The monoisotopic (exact) mass is 360 g/mol. The number of hydrogen-bond acceptors (Lipinski definition) is 3. The highest BCUT2D eigenvalue weighted by Crippen LogP contribution is 2.32. The van der Waals surface area contributed by atoms with E-state index in [0.29, 0.717) is 36.6 Å². The Labute approximate surface area is 149 Å². The van der Waals surface area contributed by atoms with Crippen molar-refractivity contribution in [2.24, 2.45) is 11.7 Å². The number of nitrogens with two attached hydrogens (primary N) is 1. The van der Waals surface area contributed by atoms with Gasteiger partial charge in [-0.15, -0.1) is 0 Å². The summed E-state index contributed by atoms with van der Waals surface area (Å²) in [6.07, 6.45) is 1.34. The fourth-order valence-electron chi connectivity index (χ4n) is 3.16. The van der Waals surface area contributed by atoms with Gasteiger partial charge < -0.3 is 15.7 Å². The second kappa shape index (κ2) is 7.11. The van der Waals surface area contributed by atoms with Crippen molar-refractivity contribution in [3.05, 3.63) is 53.6 Å². The number of carbonyl (C=O) groups is 2. The van der Waals surface area contributed by atoms with Crippen molar-refractivity contribution >= 4 is 11.8 Å². The van der Waals surface area contributed by atoms with Gasteiger partial charge >= 0.3 is 0 Å². The van der Waals surface area contributed by atoms with Gasteiger partial charge in [0.25, 0.3) is 5.91 Å². The number of aromatic hydroxyl groups is 1. The first-order chi connectivity index (χ1) is 12.4. The zero-order valence-electron chi connectivity index (χ0n) is 13.9. The highest BCUT2D eigenvalue weighted by atomic mass is 19.2. The molecule has 1 saturated heterocycles. The summed E-state index contributed by atoms with van der Waals surface area (Å²) in [7, 11) is 0. The number of carbonyl (C=O) groups excluding carboxylic acids is 2. The topological polar surface area (TPSA) is 83.6 Å². The van der Waals surface area contributed by atoms with Crippen LogP contribution in [0.5, 0.6) is 5.75 Å². The number of hydrogen-bond donors (Lipinski definition) is 2. The Kier molecular flexibility index (Phi) is 4.88. The summed E-state index contributed by atoms with van der Waals surface area (Å²) in [6.45, 7) is 0.776. The average molecular weight is 360 g/mol. The Balaban J connectivity index is 1.89. The normalized spacial score (nSPS) is 17.2. The molecule has 2 aromatic carbocycles. The van der Waals surface area contributed by atoms with E-state index in [1.54, 1.807) is 23.1 Å². The number of nitrogens with zero attached hydrogens (tertiary/aromatic N) is 1. The molecule has 2 aromatic rings. The molecule has 136 valence electrons. The van der Waals surface area contributed by atoms with Gasteiger partial charge in [0.05, 0.1) is 5.92 Å². The maximum atomic E-state index is 13.5. The van der Waals surface area contributed by atoms with Crippen LogP contribution in [0.1, 0.15) is 23.2 Å². The van der Waals surface area contributed by atoms with Crippen LogP contribution in [0.4, 0.5) is 8.78 Å². The zero-order valence-corrected chi connectivity index (χ0v) is 13.9. The predicted octanol–water partition coefficient (Wildman–Crippen LogP) is 2.67. The van der Waals surface area contributed by atoms with Crippen molar-refractivity contribution in [1.82, 2.24) is 4.90 Å². The molecule has 1 atom stereocenters. The van der Waals surface area contributed by atoms with E-state index in [1.807, 2.05) is 0 Å². The van der Waals surface area contributed by atoms with Crippen LogP contribution in [0.2, 0.25) is 0 Å². The molecule has 1 aliphatic rings. The molecular formula is C19H18F2N2O3. The van der Waals surface area contributed by atoms with Crippen LogP contribution in [0.25, 0.3) is 11.1 Å². The van der Waals surface area contributed by atoms with Crippen LogP contribution in [0, 0.1) is 17.6 Å². The molecule has 0 radical (unpaired) electrons. The number of benzene rings is 2. The molecule has 0 spiro atoms. The smallest absolute Gasteiger partial charge is 0.253 e. The van der Waals surface area contributed by atoms with E-state index in [-0.39, 0.29) is 23.9 Å². The molecule has 0 aliphatic carbocycles. The molecule has 1 heterocycles. The van der Waals surface area contributed by atoms with Gasteiger partial charge in [0.2, 0.25) is 5.91 Å². The third kappa shape index (κ3) is 3.51. The number of primary amides is 1. The first kappa shape index (κ1) is 17.8. The van der Waals surface area contributed by atoms with E-state index in [1.165, 1.54) is 6.07 Å². The van der Waals surface area contributed by atoms with Crippen molar-refractivity contribution in [3.8, 4) is 16.9 Å². The Morgan fingerprint density at radius 3 is 2.62 bits per heavy atom. The number of phenols is 1. The molecule has 1 aliphatic heterocycles. The van der Waals surface area contributed by atoms with E-state index in [9.17, 15) is 23.5 Å². The summed E-state index contributed by atoms with van der Waals surface area (Å²) >= 11 is 0. The Morgan fingerprint density at radius 2 is 1.88 bits per heavy atom. The summed E-state index contributed by atoms with van der Waals surface area (Å²) < 4.78 is 26.7. The summed E-state index contributed by atoms with van der Waals surface area (Å²) in [5.74, 6) is -3.73. The zero-order chi connectivity index (χ0) is 18.8. The lowest BCUT2D eigenvalue weighted by atomic mass is 9.96.